The van der Waals surface area contributed by atoms with Crippen molar-refractivity contribution in [3.05, 3.63) is 0 Å². The van der Waals surface area contributed by atoms with Crippen LogP contribution in [-0.4, -0.2) is 30.5 Å². The second kappa shape index (κ2) is 5.52. The van der Waals surface area contributed by atoms with Crippen molar-refractivity contribution < 1.29 is 9.84 Å². The fraction of sp³-hybridized carbons (Fsp3) is 1.00. The van der Waals surface area contributed by atoms with E-state index in [2.05, 4.69) is 0 Å². The van der Waals surface area contributed by atoms with Gasteiger partial charge in [-0.25, -0.2) is 0 Å². The smallest absolute Gasteiger partial charge is 0.0874 e. The summed E-state index contributed by atoms with van der Waals surface area (Å²) in [6, 6.07) is 0. The molecule has 0 saturated heterocycles. The lowest BCUT2D eigenvalue weighted by Gasteiger charge is -2.24. The van der Waals surface area contributed by atoms with Crippen LogP contribution in [0.15, 0.2) is 0 Å². The zero-order valence-corrected chi connectivity index (χ0v) is 7.47. The second-order valence-corrected chi connectivity index (χ2v) is 2.77. The first kappa shape index (κ1) is 10.9. The Morgan fingerprint density at radius 3 is 2.27 bits per heavy atom. The van der Waals surface area contributed by atoms with Gasteiger partial charge in [0.2, 0.25) is 0 Å². The molecule has 3 heteroatoms. The molecule has 0 aromatic rings. The van der Waals surface area contributed by atoms with Gasteiger partial charge in [-0.15, -0.1) is 0 Å². The maximum atomic E-state index is 9.69. The summed E-state index contributed by atoms with van der Waals surface area (Å²) in [5.74, 6) is 0. The third kappa shape index (κ3) is 4.35. The van der Waals surface area contributed by atoms with Crippen molar-refractivity contribution in [1.82, 2.24) is 0 Å². The highest BCUT2D eigenvalue weighted by atomic mass is 16.5. The van der Waals surface area contributed by atoms with Crippen LogP contribution in [0.3, 0.4) is 0 Å². The van der Waals surface area contributed by atoms with Crippen molar-refractivity contribution in [1.29, 1.82) is 0 Å². The molecule has 0 amide bonds. The molecule has 0 aliphatic carbocycles. The topological polar surface area (TPSA) is 55.5 Å². The van der Waals surface area contributed by atoms with Crippen LogP contribution in [0.1, 0.15) is 26.7 Å². The fourth-order valence-corrected chi connectivity index (χ4v) is 0.800. The van der Waals surface area contributed by atoms with Crippen LogP contribution in [0.25, 0.3) is 0 Å². The molecule has 0 aromatic carbocycles. The van der Waals surface area contributed by atoms with E-state index in [4.69, 9.17) is 10.5 Å². The standard InChI is InChI=1S/C8H19NO2/c1-3-8(10,4-2)7-11-6-5-9/h10H,3-7,9H2,1-2H3. The van der Waals surface area contributed by atoms with Gasteiger partial charge in [0.1, 0.15) is 0 Å². The molecule has 3 N–H and O–H groups in total. The first-order valence-electron chi connectivity index (χ1n) is 4.18. The molecule has 0 fully saturated rings. The minimum absolute atomic E-state index is 0.400. The van der Waals surface area contributed by atoms with E-state index in [0.29, 0.717) is 19.8 Å². The predicted octanol–water partition coefficient (Wildman–Crippen LogP) is 0.513. The van der Waals surface area contributed by atoms with E-state index in [1.165, 1.54) is 0 Å². The van der Waals surface area contributed by atoms with E-state index in [-0.39, 0.29) is 0 Å². The van der Waals surface area contributed by atoms with Crippen LogP contribution >= 0.6 is 0 Å². The lowest BCUT2D eigenvalue weighted by Crippen LogP contribution is -2.33. The SMILES string of the molecule is CCC(O)(CC)COCCN. The summed E-state index contributed by atoms with van der Waals surface area (Å²) >= 11 is 0. The molecule has 0 atom stereocenters. The van der Waals surface area contributed by atoms with E-state index in [9.17, 15) is 5.11 Å². The minimum Gasteiger partial charge on any atom is -0.388 e. The molecule has 0 unspecified atom stereocenters. The highest BCUT2D eigenvalue weighted by Gasteiger charge is 2.21. The van der Waals surface area contributed by atoms with Crippen molar-refractivity contribution >= 4 is 0 Å². The molecule has 0 aliphatic rings. The Kier molecular flexibility index (Phi) is 5.46. The summed E-state index contributed by atoms with van der Waals surface area (Å²) in [6.45, 7) is 5.35. The van der Waals surface area contributed by atoms with Crippen LogP contribution in [-0.2, 0) is 4.74 Å². The van der Waals surface area contributed by atoms with Gasteiger partial charge in [-0.2, -0.15) is 0 Å². The monoisotopic (exact) mass is 161 g/mol. The van der Waals surface area contributed by atoms with Gasteiger partial charge in [0, 0.05) is 6.54 Å². The summed E-state index contributed by atoms with van der Waals surface area (Å²) < 4.78 is 5.15. The molecule has 0 heterocycles. The van der Waals surface area contributed by atoms with Gasteiger partial charge in [-0.3, -0.25) is 0 Å². The number of aliphatic hydroxyl groups is 1. The Morgan fingerprint density at radius 2 is 1.91 bits per heavy atom. The normalized spacial score (nSPS) is 12.0. The molecule has 0 aromatic heterocycles. The maximum Gasteiger partial charge on any atom is 0.0874 e. The zero-order valence-electron chi connectivity index (χ0n) is 7.47. The van der Waals surface area contributed by atoms with E-state index in [1.54, 1.807) is 0 Å². The fourth-order valence-electron chi connectivity index (χ4n) is 0.800. The van der Waals surface area contributed by atoms with Gasteiger partial charge < -0.3 is 15.6 Å². The van der Waals surface area contributed by atoms with Gasteiger partial charge in [0.15, 0.2) is 0 Å². The van der Waals surface area contributed by atoms with Crippen molar-refractivity contribution in [3.63, 3.8) is 0 Å². The second-order valence-electron chi connectivity index (χ2n) is 2.77. The molecule has 0 rings (SSSR count). The summed E-state index contributed by atoms with van der Waals surface area (Å²) in [6.07, 6.45) is 1.46. The van der Waals surface area contributed by atoms with Crippen molar-refractivity contribution in [3.8, 4) is 0 Å². The first-order valence-corrected chi connectivity index (χ1v) is 4.18. The van der Waals surface area contributed by atoms with Crippen molar-refractivity contribution in [2.75, 3.05) is 19.8 Å². The maximum absolute atomic E-state index is 9.69. The van der Waals surface area contributed by atoms with Gasteiger partial charge >= 0.3 is 0 Å². The molecular weight excluding hydrogens is 142 g/mol. The molecule has 0 aliphatic heterocycles. The highest BCUT2D eigenvalue weighted by molar-refractivity contribution is 4.73. The number of rotatable bonds is 6. The summed E-state index contributed by atoms with van der Waals surface area (Å²) in [5, 5.41) is 9.69. The van der Waals surface area contributed by atoms with Crippen LogP contribution in [0.5, 0.6) is 0 Å². The minimum atomic E-state index is -0.644. The average molecular weight is 161 g/mol. The molecule has 11 heavy (non-hydrogen) atoms. The van der Waals surface area contributed by atoms with E-state index in [0.717, 1.165) is 12.8 Å². The van der Waals surface area contributed by atoms with Crippen molar-refractivity contribution in [2.24, 2.45) is 5.73 Å². The Bertz CT molecular complexity index is 92.1. The third-order valence-electron chi connectivity index (χ3n) is 1.95. The van der Waals surface area contributed by atoms with Gasteiger partial charge in [0.25, 0.3) is 0 Å². The molecule has 0 spiro atoms. The lowest BCUT2D eigenvalue weighted by molar-refractivity contribution is -0.0492. The summed E-state index contributed by atoms with van der Waals surface area (Å²) in [7, 11) is 0. The predicted molar refractivity (Wildman–Crippen MR) is 45.4 cm³/mol. The largest absolute Gasteiger partial charge is 0.388 e. The summed E-state index contributed by atoms with van der Waals surface area (Å²) in [5.41, 5.74) is 4.59. The van der Waals surface area contributed by atoms with Crippen molar-refractivity contribution in [2.45, 2.75) is 32.3 Å². The number of nitrogens with two attached hydrogens (primary N) is 1. The Labute approximate surface area is 68.5 Å². The van der Waals surface area contributed by atoms with Gasteiger partial charge in [-0.05, 0) is 12.8 Å². The third-order valence-corrected chi connectivity index (χ3v) is 1.95. The summed E-state index contributed by atoms with van der Waals surface area (Å²) in [4.78, 5) is 0. The Morgan fingerprint density at radius 1 is 1.36 bits per heavy atom. The molecule has 68 valence electrons. The van der Waals surface area contributed by atoms with Crippen LogP contribution in [0.4, 0.5) is 0 Å². The van der Waals surface area contributed by atoms with Crippen LogP contribution in [0, 0.1) is 0 Å². The lowest BCUT2D eigenvalue weighted by atomic mass is 9.99. The molecular formula is C8H19NO2. The van der Waals surface area contributed by atoms with E-state index in [1.807, 2.05) is 13.8 Å². The quantitative estimate of drug-likeness (QED) is 0.558. The molecule has 0 saturated carbocycles. The molecule has 3 nitrogen and oxygen atoms in total. The van der Waals surface area contributed by atoms with Gasteiger partial charge in [0.05, 0.1) is 18.8 Å². The van der Waals surface area contributed by atoms with Crippen LogP contribution < -0.4 is 5.73 Å². The molecule has 0 radical (unpaired) electrons. The number of ether oxygens (including phenoxy) is 1. The first-order chi connectivity index (χ1) is 5.18. The number of hydrogen-bond donors (Lipinski definition) is 2. The molecule has 0 bridgehead atoms. The van der Waals surface area contributed by atoms with E-state index >= 15 is 0 Å². The Balaban J connectivity index is 3.51. The van der Waals surface area contributed by atoms with E-state index < -0.39 is 5.60 Å². The van der Waals surface area contributed by atoms with Crippen LogP contribution in [0.2, 0.25) is 0 Å². The zero-order chi connectivity index (χ0) is 8.74. The Hall–Kier alpha value is -0.120. The average Bonchev–Trinajstić information content (AvgIpc) is 2.05. The van der Waals surface area contributed by atoms with Gasteiger partial charge in [-0.1, -0.05) is 13.8 Å². The number of hydrogen-bond acceptors (Lipinski definition) is 3. The highest BCUT2D eigenvalue weighted by Crippen LogP contribution is 2.14.